The third kappa shape index (κ3) is 5.52. The van der Waals surface area contributed by atoms with Crippen LogP contribution in [-0.4, -0.2) is 94.0 Å². The fraction of sp³-hybridized carbons (Fsp3) is 0.214. The number of ether oxygens (including phenoxy) is 3. The highest BCUT2D eigenvalue weighted by atomic mass is 16.7. The molecule has 2 aromatic carbocycles. The summed E-state index contributed by atoms with van der Waals surface area (Å²) in [5.74, 6) is -5.58. The van der Waals surface area contributed by atoms with Crippen molar-refractivity contribution in [2.24, 2.45) is 0 Å². The van der Waals surface area contributed by atoms with Crippen LogP contribution >= 0.6 is 0 Å². The molecule has 5 atom stereocenters. The molecule has 5 rings (SSSR count). The molecule has 0 aromatic heterocycles. The van der Waals surface area contributed by atoms with E-state index in [1.54, 1.807) is 0 Å². The van der Waals surface area contributed by atoms with Gasteiger partial charge in [0.25, 0.3) is 12.4 Å². The van der Waals surface area contributed by atoms with E-state index in [1.807, 2.05) is 0 Å². The van der Waals surface area contributed by atoms with E-state index in [9.17, 15) is 55.5 Å². The number of hydrogen-bond acceptors (Lipinski definition) is 14. The monoisotopic (exact) mass is 601 g/mol. The van der Waals surface area contributed by atoms with Gasteiger partial charge in [-0.3, -0.25) is 4.79 Å². The summed E-state index contributed by atoms with van der Waals surface area (Å²) in [6.07, 6.45) is -8.65. The summed E-state index contributed by atoms with van der Waals surface area (Å²) in [5.41, 5.74) is -0.874. The molecule has 43 heavy (non-hydrogen) atoms. The van der Waals surface area contributed by atoms with Gasteiger partial charge in [0.2, 0.25) is 0 Å². The number of carbonyl (C=O) groups excluding carboxylic acids is 1. The van der Waals surface area contributed by atoms with E-state index in [0.29, 0.717) is 0 Å². The highest BCUT2D eigenvalue weighted by Crippen LogP contribution is 2.43. The Morgan fingerprint density at radius 3 is 2.19 bits per heavy atom. The van der Waals surface area contributed by atoms with Gasteiger partial charge in [-0.15, -0.1) is 0 Å². The number of phenolic OH excluding ortho intramolecular Hbond substituents is 6. The first-order valence-corrected chi connectivity index (χ1v) is 12.5. The predicted molar refractivity (Wildman–Crippen MR) is 143 cm³/mol. The zero-order chi connectivity index (χ0) is 31.2. The van der Waals surface area contributed by atoms with Gasteiger partial charge in [-0.1, -0.05) is 0 Å². The van der Waals surface area contributed by atoms with Gasteiger partial charge in [0.1, 0.15) is 29.3 Å². The smallest absolute Gasteiger partial charge is 0.507 e. The van der Waals surface area contributed by atoms with Crippen molar-refractivity contribution in [3.63, 3.8) is 0 Å². The zero-order valence-corrected chi connectivity index (χ0v) is 21.7. The Hall–Kier alpha value is -5.22. The van der Waals surface area contributed by atoms with Gasteiger partial charge in [0, 0.05) is 29.8 Å². The van der Waals surface area contributed by atoms with Gasteiger partial charge in [0.15, 0.2) is 51.8 Å². The molecule has 3 aliphatic rings. The Morgan fingerprint density at radius 2 is 1.53 bits per heavy atom. The van der Waals surface area contributed by atoms with Crippen LogP contribution in [-0.2, 0) is 9.47 Å². The Morgan fingerprint density at radius 1 is 0.837 bits per heavy atom. The molecule has 0 saturated carbocycles. The molecular formula is C28H25O15+. The second-order valence-electron chi connectivity index (χ2n) is 9.57. The fourth-order valence-corrected chi connectivity index (χ4v) is 4.45. The molecule has 2 aliphatic heterocycles. The second-order valence-corrected chi connectivity index (χ2v) is 9.57. The number of aromatic hydroxyl groups is 6. The minimum atomic E-state index is -1.90. The van der Waals surface area contributed by atoms with E-state index < -0.39 is 83.2 Å². The van der Waals surface area contributed by atoms with E-state index in [-0.39, 0.29) is 34.0 Å². The van der Waals surface area contributed by atoms with E-state index >= 15 is 0 Å². The SMILES string of the molecule is O=c1cc2oc(-c3ccc(O)c(O)c3)c(O[C@@H]3O[C@H](CO)[C@@H](O)[C@H](O)[C@H]3OC(=[OH+])c3cc(O)c(O)c(O)c3)cc-2c(O)c1. The summed E-state index contributed by atoms with van der Waals surface area (Å²) in [5, 5.41) is 90.5. The van der Waals surface area contributed by atoms with Crippen molar-refractivity contribution in [2.75, 3.05) is 6.61 Å². The quantitative estimate of drug-likeness (QED) is 0.0823. The van der Waals surface area contributed by atoms with Crippen LogP contribution in [0.1, 0.15) is 5.56 Å². The lowest BCUT2D eigenvalue weighted by molar-refractivity contribution is -0.274. The molecule has 1 aliphatic carbocycles. The molecule has 0 spiro atoms. The van der Waals surface area contributed by atoms with Gasteiger partial charge in [-0.05, 0) is 24.3 Å². The summed E-state index contributed by atoms with van der Waals surface area (Å²) in [6, 6.07) is 8.41. The van der Waals surface area contributed by atoms with Crippen LogP contribution in [0.4, 0.5) is 0 Å². The van der Waals surface area contributed by atoms with Crippen LogP contribution in [0.25, 0.3) is 22.6 Å². The molecule has 0 bridgehead atoms. The molecule has 15 heteroatoms. The minimum absolute atomic E-state index is 0.0154. The molecule has 0 unspecified atom stereocenters. The first kappa shape index (κ1) is 29.3. The van der Waals surface area contributed by atoms with Crippen molar-refractivity contribution in [1.82, 2.24) is 0 Å². The number of fused-ring (bicyclic) bond motifs is 1. The van der Waals surface area contributed by atoms with Gasteiger partial charge in [-0.2, -0.15) is 0 Å². The normalized spacial score (nSPS) is 21.9. The highest BCUT2D eigenvalue weighted by Gasteiger charge is 2.52. The number of aliphatic hydroxyl groups is 3. The highest BCUT2D eigenvalue weighted by molar-refractivity contribution is 5.92. The third-order valence-corrected chi connectivity index (χ3v) is 6.67. The summed E-state index contributed by atoms with van der Waals surface area (Å²) >= 11 is 0. The maximum Gasteiger partial charge on any atom is 0.518 e. The Kier molecular flexibility index (Phi) is 7.64. The lowest BCUT2D eigenvalue weighted by Gasteiger charge is -2.38. The summed E-state index contributed by atoms with van der Waals surface area (Å²) in [7, 11) is 0. The lowest BCUT2D eigenvalue weighted by atomic mass is 9.99. The van der Waals surface area contributed by atoms with Crippen molar-refractivity contribution < 1.29 is 69.4 Å². The van der Waals surface area contributed by atoms with Gasteiger partial charge < -0.3 is 69.4 Å². The van der Waals surface area contributed by atoms with E-state index in [1.165, 1.54) is 12.1 Å². The molecule has 1 saturated heterocycles. The lowest BCUT2D eigenvalue weighted by Crippen LogP contribution is -2.61. The van der Waals surface area contributed by atoms with Crippen LogP contribution in [0.2, 0.25) is 0 Å². The number of hydrogen-bond donors (Lipinski definition) is 9. The molecular weight excluding hydrogens is 576 g/mol. The zero-order valence-electron chi connectivity index (χ0n) is 21.7. The van der Waals surface area contributed by atoms with Gasteiger partial charge in [-0.25, -0.2) is 0 Å². The van der Waals surface area contributed by atoms with Crippen LogP contribution in [0, 0.1) is 0 Å². The average molecular weight is 601 g/mol. The third-order valence-electron chi connectivity index (χ3n) is 6.67. The molecule has 10 N–H and O–H groups in total. The summed E-state index contributed by atoms with van der Waals surface area (Å²) in [4.78, 5) is 22.6. The van der Waals surface area contributed by atoms with E-state index in [0.717, 1.165) is 36.4 Å². The standard InChI is InChI=1S/C28H24O15/c29-9-21-23(37)24(38)26(43-27(39)11-4-17(34)22(36)18(35)5-11)28(42-21)41-20-8-13-15(32)6-12(30)7-19(13)40-25(20)10-1-2-14(31)16(33)3-10/h1-8,21,23-24,26,28-29,31-38H,9H2/p+1/t21-,23-,24+,26-,28-/m1/s1. The van der Waals surface area contributed by atoms with Gasteiger partial charge >= 0.3 is 5.97 Å². The van der Waals surface area contributed by atoms with E-state index in [2.05, 4.69) is 0 Å². The van der Waals surface area contributed by atoms with Gasteiger partial charge in [0.05, 0.1) is 12.2 Å². The molecule has 2 heterocycles. The molecule has 2 aromatic rings. The van der Waals surface area contributed by atoms with Crippen LogP contribution < -0.4 is 10.2 Å². The molecule has 1 fully saturated rings. The predicted octanol–water partition coefficient (Wildman–Crippen LogP) is 0.399. The van der Waals surface area contributed by atoms with Crippen molar-refractivity contribution in [3.8, 4) is 62.9 Å². The van der Waals surface area contributed by atoms with Crippen LogP contribution in [0.3, 0.4) is 0 Å². The number of aliphatic hydroxyl groups excluding tert-OH is 3. The first-order valence-electron chi connectivity index (χ1n) is 12.5. The van der Waals surface area contributed by atoms with Crippen molar-refractivity contribution in [2.45, 2.75) is 30.7 Å². The topological polar surface area (TPSA) is 261 Å². The van der Waals surface area contributed by atoms with Crippen molar-refractivity contribution in [1.29, 1.82) is 0 Å². The molecule has 226 valence electrons. The Balaban J connectivity index is 1.59. The number of benzene rings is 3. The largest absolute Gasteiger partial charge is 0.518 e. The fourth-order valence-electron chi connectivity index (χ4n) is 4.45. The summed E-state index contributed by atoms with van der Waals surface area (Å²) in [6.45, 7) is -0.798. The Labute approximate surface area is 240 Å². The number of rotatable bonds is 6. The van der Waals surface area contributed by atoms with Crippen LogP contribution in [0.5, 0.6) is 40.2 Å². The second kappa shape index (κ2) is 11.2. The van der Waals surface area contributed by atoms with Crippen LogP contribution in [0.15, 0.2) is 57.7 Å². The van der Waals surface area contributed by atoms with E-state index in [4.69, 9.17) is 18.6 Å². The average Bonchev–Trinajstić information content (AvgIpc) is 2.96. The molecule has 0 amide bonds. The minimum Gasteiger partial charge on any atom is -0.507 e. The number of esters is 1. The Bertz CT molecular complexity index is 1690. The maximum atomic E-state index is 12.0. The van der Waals surface area contributed by atoms with Crippen molar-refractivity contribution >= 4 is 5.97 Å². The maximum absolute atomic E-state index is 12.0. The first-order chi connectivity index (χ1) is 20.4. The number of phenols is 6. The van der Waals surface area contributed by atoms with Crippen molar-refractivity contribution in [3.05, 3.63) is 64.3 Å². The molecule has 15 nitrogen and oxygen atoms in total. The summed E-state index contributed by atoms with van der Waals surface area (Å²) < 4.78 is 22.8. The molecule has 0 radical (unpaired) electrons.